The van der Waals surface area contributed by atoms with Gasteiger partial charge in [-0.1, -0.05) is 23.8 Å². The molecule has 0 spiro atoms. The van der Waals surface area contributed by atoms with Crippen molar-refractivity contribution in [1.82, 2.24) is 14.1 Å². The fraction of sp³-hybridized carbons (Fsp3) is 0.571. The van der Waals surface area contributed by atoms with Crippen LogP contribution in [0.3, 0.4) is 0 Å². The number of aryl methyl sites for hydroxylation is 2. The summed E-state index contributed by atoms with van der Waals surface area (Å²) in [6, 6.07) is 0. The van der Waals surface area contributed by atoms with Crippen LogP contribution in [0.15, 0.2) is 17.0 Å². The Morgan fingerprint density at radius 1 is 1.55 bits per heavy atom. The van der Waals surface area contributed by atoms with Crippen LogP contribution in [0.2, 0.25) is 5.15 Å². The molecule has 0 bridgehead atoms. The molecule has 0 N–H and O–H groups in total. The van der Waals surface area contributed by atoms with Crippen LogP contribution in [-0.2, 0) is 21.9 Å². The number of hydrogen-bond acceptors (Lipinski definition) is 4. The molecule has 1 atom stereocenters. The van der Waals surface area contributed by atoms with Crippen molar-refractivity contribution in [3.8, 4) is 0 Å². The van der Waals surface area contributed by atoms with Gasteiger partial charge in [-0.15, -0.1) is 0 Å². The van der Waals surface area contributed by atoms with Gasteiger partial charge in [-0.05, 0) is 32.6 Å². The monoisotopic (exact) mass is 345 g/mol. The summed E-state index contributed by atoms with van der Waals surface area (Å²) in [7, 11) is -2.42. The van der Waals surface area contributed by atoms with Crippen LogP contribution in [-0.4, -0.2) is 35.0 Å². The summed E-state index contributed by atoms with van der Waals surface area (Å²) in [5.74, 6) is -0.291. The van der Waals surface area contributed by atoms with Crippen LogP contribution in [0.5, 0.6) is 0 Å². The van der Waals surface area contributed by atoms with Crippen molar-refractivity contribution in [3.05, 3.63) is 23.0 Å². The normalized spacial score (nSPS) is 17.9. The van der Waals surface area contributed by atoms with Gasteiger partial charge in [-0.2, -0.15) is 5.10 Å². The fourth-order valence-electron chi connectivity index (χ4n) is 2.69. The predicted molar refractivity (Wildman–Crippen MR) is 84.0 cm³/mol. The van der Waals surface area contributed by atoms with E-state index in [-0.39, 0.29) is 28.9 Å². The Bertz CT molecular complexity index is 709. The van der Waals surface area contributed by atoms with E-state index < -0.39 is 15.9 Å². The second-order valence-electron chi connectivity index (χ2n) is 5.36. The smallest absolute Gasteiger partial charge is 0.271 e. The molecule has 1 aliphatic rings. The van der Waals surface area contributed by atoms with Gasteiger partial charge in [0.15, 0.2) is 0 Å². The van der Waals surface area contributed by atoms with Crippen molar-refractivity contribution in [2.45, 2.75) is 38.0 Å². The van der Waals surface area contributed by atoms with Crippen molar-refractivity contribution in [1.29, 1.82) is 0 Å². The highest BCUT2D eigenvalue weighted by molar-refractivity contribution is 7.89. The van der Waals surface area contributed by atoms with Crippen LogP contribution in [0.25, 0.3) is 0 Å². The van der Waals surface area contributed by atoms with E-state index in [1.165, 1.54) is 4.68 Å². The Balaban J connectivity index is 2.32. The summed E-state index contributed by atoms with van der Waals surface area (Å²) < 4.78 is 27.8. The number of amides is 1. The molecule has 1 heterocycles. The molecular weight excluding hydrogens is 326 g/mol. The molecule has 0 aliphatic heterocycles. The third-order valence-electron chi connectivity index (χ3n) is 3.76. The molecular formula is C14H20ClN3O3S. The Kier molecular flexibility index (Phi) is 4.97. The first-order valence-corrected chi connectivity index (χ1v) is 9.02. The molecule has 1 aromatic heterocycles. The Morgan fingerprint density at radius 2 is 2.23 bits per heavy atom. The number of halogens is 1. The zero-order valence-corrected chi connectivity index (χ0v) is 14.5. The highest BCUT2D eigenvalue weighted by Crippen LogP contribution is 2.29. The van der Waals surface area contributed by atoms with Gasteiger partial charge < -0.3 is 0 Å². The molecule has 6 nitrogen and oxygen atoms in total. The minimum Gasteiger partial charge on any atom is -0.274 e. The van der Waals surface area contributed by atoms with Crippen molar-refractivity contribution in [2.75, 3.05) is 6.54 Å². The largest absolute Gasteiger partial charge is 0.274 e. The maximum atomic E-state index is 12.8. The molecule has 0 aromatic carbocycles. The number of carbonyl (C=O) groups excluding carboxylic acids is 1. The minimum atomic E-state index is -3.99. The van der Waals surface area contributed by atoms with Crippen molar-refractivity contribution >= 4 is 27.5 Å². The van der Waals surface area contributed by atoms with Crippen LogP contribution in [0.1, 0.15) is 31.9 Å². The quantitative estimate of drug-likeness (QED) is 0.767. The average Bonchev–Trinajstić information content (AvgIpc) is 2.99. The summed E-state index contributed by atoms with van der Waals surface area (Å²) in [4.78, 5) is 12.3. The SMILES string of the molecule is CCN(C(=O)CC1C=CCC1)S(=O)(=O)c1c(C)nn(C)c1Cl. The standard InChI is InChI=1S/C14H20ClN3O3S/c1-4-18(12(19)9-11-7-5-6-8-11)22(20,21)13-10(2)16-17(3)14(13)15/h5,7,11H,4,6,8-9H2,1-3H3. The van der Waals surface area contributed by atoms with E-state index in [1.807, 2.05) is 12.2 Å². The van der Waals surface area contributed by atoms with Crippen LogP contribution >= 0.6 is 11.6 Å². The van der Waals surface area contributed by atoms with E-state index in [0.29, 0.717) is 5.69 Å². The second-order valence-corrected chi connectivity index (χ2v) is 7.52. The van der Waals surface area contributed by atoms with E-state index in [9.17, 15) is 13.2 Å². The lowest BCUT2D eigenvalue weighted by Crippen LogP contribution is -2.37. The Hall–Kier alpha value is -1.34. The first-order chi connectivity index (χ1) is 10.3. The third kappa shape index (κ3) is 3.05. The molecule has 122 valence electrons. The van der Waals surface area contributed by atoms with E-state index in [0.717, 1.165) is 17.1 Å². The maximum absolute atomic E-state index is 12.8. The zero-order valence-electron chi connectivity index (χ0n) is 12.9. The lowest BCUT2D eigenvalue weighted by Gasteiger charge is -2.22. The molecule has 1 aliphatic carbocycles. The van der Waals surface area contributed by atoms with Gasteiger partial charge in [-0.25, -0.2) is 12.7 Å². The number of hydrogen-bond donors (Lipinski definition) is 0. The molecule has 1 unspecified atom stereocenters. The molecule has 1 aromatic rings. The number of aromatic nitrogens is 2. The fourth-order valence-corrected chi connectivity index (χ4v) is 4.81. The van der Waals surface area contributed by atoms with E-state index in [4.69, 9.17) is 11.6 Å². The summed E-state index contributed by atoms with van der Waals surface area (Å²) in [6.07, 6.45) is 6.01. The van der Waals surface area contributed by atoms with Crippen LogP contribution in [0.4, 0.5) is 0 Å². The lowest BCUT2D eigenvalue weighted by molar-refractivity contribution is -0.127. The van der Waals surface area contributed by atoms with Crippen molar-refractivity contribution < 1.29 is 13.2 Å². The first-order valence-electron chi connectivity index (χ1n) is 7.20. The number of sulfonamides is 1. The maximum Gasteiger partial charge on any atom is 0.271 e. The highest BCUT2D eigenvalue weighted by atomic mass is 35.5. The molecule has 0 fully saturated rings. The average molecular weight is 346 g/mol. The lowest BCUT2D eigenvalue weighted by atomic mass is 10.1. The molecule has 8 heteroatoms. The molecule has 2 rings (SSSR count). The van der Waals surface area contributed by atoms with Gasteiger partial charge in [0.2, 0.25) is 5.91 Å². The van der Waals surface area contributed by atoms with Gasteiger partial charge >= 0.3 is 0 Å². The Morgan fingerprint density at radius 3 is 2.68 bits per heavy atom. The van der Waals surface area contributed by atoms with Gasteiger partial charge in [0.1, 0.15) is 10.0 Å². The summed E-state index contributed by atoms with van der Waals surface area (Å²) in [6.45, 7) is 3.28. The molecule has 0 radical (unpaired) electrons. The van der Waals surface area contributed by atoms with Gasteiger partial charge in [-0.3, -0.25) is 9.48 Å². The molecule has 22 heavy (non-hydrogen) atoms. The van der Waals surface area contributed by atoms with Gasteiger partial charge in [0, 0.05) is 20.0 Å². The van der Waals surface area contributed by atoms with E-state index >= 15 is 0 Å². The van der Waals surface area contributed by atoms with Crippen molar-refractivity contribution in [3.63, 3.8) is 0 Å². The van der Waals surface area contributed by atoms with Crippen LogP contribution in [0, 0.1) is 12.8 Å². The molecule has 0 saturated heterocycles. The summed E-state index contributed by atoms with van der Waals surface area (Å²) in [5.41, 5.74) is 0.291. The zero-order chi connectivity index (χ0) is 16.5. The van der Waals surface area contributed by atoms with Gasteiger partial charge in [0.25, 0.3) is 10.0 Å². The molecule has 1 amide bonds. The van der Waals surface area contributed by atoms with Gasteiger partial charge in [0.05, 0.1) is 5.69 Å². The van der Waals surface area contributed by atoms with E-state index in [1.54, 1.807) is 20.9 Å². The second kappa shape index (κ2) is 6.42. The van der Waals surface area contributed by atoms with E-state index in [2.05, 4.69) is 5.10 Å². The minimum absolute atomic E-state index is 0.0181. The predicted octanol–water partition coefficient (Wildman–Crippen LogP) is 2.28. The third-order valence-corrected chi connectivity index (χ3v) is 6.36. The van der Waals surface area contributed by atoms with Crippen LogP contribution < -0.4 is 0 Å². The highest BCUT2D eigenvalue weighted by Gasteiger charge is 2.34. The number of carbonyl (C=O) groups is 1. The summed E-state index contributed by atoms with van der Waals surface area (Å²) >= 11 is 6.05. The number of allylic oxidation sites excluding steroid dienone is 2. The molecule has 0 saturated carbocycles. The topological polar surface area (TPSA) is 72.3 Å². The number of rotatable bonds is 5. The first kappa shape index (κ1) is 17.0. The Labute approximate surface area is 135 Å². The summed E-state index contributed by atoms with van der Waals surface area (Å²) in [5, 5.41) is 4.03. The van der Waals surface area contributed by atoms with Crippen molar-refractivity contribution in [2.24, 2.45) is 13.0 Å². The number of nitrogens with zero attached hydrogens (tertiary/aromatic N) is 3.